The molecule has 0 aliphatic heterocycles. The Morgan fingerprint density at radius 1 is 0.842 bits per heavy atom. The van der Waals surface area contributed by atoms with Gasteiger partial charge in [-0.2, -0.15) is 5.11 Å². The Balaban J connectivity index is 0.00000180. The molecule has 0 heterocycles. The molecular formula is C14H17ClN4. The lowest BCUT2D eigenvalue weighted by atomic mass is 10.1. The summed E-state index contributed by atoms with van der Waals surface area (Å²) in [6, 6.07) is 11.2. The zero-order valence-corrected chi connectivity index (χ0v) is 11.7. The zero-order valence-electron chi connectivity index (χ0n) is 10.9. The maximum absolute atomic E-state index is 5.81. The number of aryl methyl sites for hydroxylation is 2. The van der Waals surface area contributed by atoms with Gasteiger partial charge in [-0.25, -0.2) is 0 Å². The Bertz CT molecular complexity index is 588. The van der Waals surface area contributed by atoms with Crippen LogP contribution in [0.4, 0.5) is 22.7 Å². The minimum absolute atomic E-state index is 0. The van der Waals surface area contributed by atoms with Gasteiger partial charge in [0.1, 0.15) is 5.69 Å². The van der Waals surface area contributed by atoms with Gasteiger partial charge in [0.15, 0.2) is 0 Å². The summed E-state index contributed by atoms with van der Waals surface area (Å²) in [5.74, 6) is 0. The van der Waals surface area contributed by atoms with Crippen molar-refractivity contribution in [2.24, 2.45) is 10.2 Å². The number of azo groups is 1. The molecule has 0 fully saturated rings. The van der Waals surface area contributed by atoms with Crippen molar-refractivity contribution in [1.29, 1.82) is 0 Å². The fraction of sp³-hybridized carbons (Fsp3) is 0.143. The van der Waals surface area contributed by atoms with Crippen molar-refractivity contribution in [3.05, 3.63) is 47.5 Å². The first-order valence-electron chi connectivity index (χ1n) is 5.69. The lowest BCUT2D eigenvalue weighted by Gasteiger charge is -2.01. The molecule has 0 radical (unpaired) electrons. The van der Waals surface area contributed by atoms with Crippen molar-refractivity contribution < 1.29 is 0 Å². The van der Waals surface area contributed by atoms with Crippen molar-refractivity contribution in [3.63, 3.8) is 0 Å². The lowest BCUT2D eigenvalue weighted by molar-refractivity contribution is 1.22. The molecule has 0 unspecified atom stereocenters. The molecule has 19 heavy (non-hydrogen) atoms. The molecule has 0 aliphatic carbocycles. The summed E-state index contributed by atoms with van der Waals surface area (Å²) in [5, 5.41) is 8.34. The van der Waals surface area contributed by atoms with E-state index in [1.807, 2.05) is 26.0 Å². The Hall–Kier alpha value is -2.07. The number of hydrogen-bond donors (Lipinski definition) is 2. The number of nitrogens with two attached hydrogens (primary N) is 2. The van der Waals surface area contributed by atoms with Crippen LogP contribution in [0, 0.1) is 13.8 Å². The van der Waals surface area contributed by atoms with E-state index in [1.54, 1.807) is 18.2 Å². The first-order valence-corrected chi connectivity index (χ1v) is 5.69. The van der Waals surface area contributed by atoms with Crippen molar-refractivity contribution >= 4 is 35.2 Å². The average Bonchev–Trinajstić information content (AvgIpc) is 2.26. The molecule has 4 nitrogen and oxygen atoms in total. The summed E-state index contributed by atoms with van der Waals surface area (Å²) in [6.45, 7) is 4.06. The quantitative estimate of drug-likeness (QED) is 0.633. The molecule has 0 saturated heterocycles. The molecule has 2 aromatic rings. The molecule has 2 rings (SSSR count). The summed E-state index contributed by atoms with van der Waals surface area (Å²) < 4.78 is 0. The molecule has 0 aliphatic rings. The minimum Gasteiger partial charge on any atom is -0.399 e. The standard InChI is InChI=1S/C14H16N4.ClH/c1-9-5-10(2)7-12(6-9)17-18-14-4-3-11(15)8-13(14)16;/h3-8H,15-16H2,1-2H3;1H. The summed E-state index contributed by atoms with van der Waals surface area (Å²) in [7, 11) is 0. The maximum atomic E-state index is 5.81. The van der Waals surface area contributed by atoms with Crippen LogP contribution >= 0.6 is 12.4 Å². The van der Waals surface area contributed by atoms with Gasteiger partial charge in [-0.15, -0.1) is 17.5 Å². The number of hydrogen-bond acceptors (Lipinski definition) is 4. The highest BCUT2D eigenvalue weighted by atomic mass is 35.5. The third-order valence-electron chi connectivity index (χ3n) is 2.53. The van der Waals surface area contributed by atoms with Crippen LogP contribution in [0.25, 0.3) is 0 Å². The Morgan fingerprint density at radius 2 is 1.47 bits per heavy atom. The summed E-state index contributed by atoms with van der Waals surface area (Å²) >= 11 is 0. The predicted octanol–water partition coefficient (Wildman–Crippen LogP) is 4.31. The second-order valence-electron chi connectivity index (χ2n) is 4.36. The lowest BCUT2D eigenvalue weighted by Crippen LogP contribution is -1.89. The number of anilines is 2. The number of nitrogen functional groups attached to an aromatic ring is 2. The summed E-state index contributed by atoms with van der Waals surface area (Å²) in [4.78, 5) is 0. The molecule has 0 atom stereocenters. The largest absolute Gasteiger partial charge is 0.399 e. The third kappa shape index (κ3) is 3.96. The first-order chi connectivity index (χ1) is 8.54. The van der Waals surface area contributed by atoms with Crippen molar-refractivity contribution in [3.8, 4) is 0 Å². The second-order valence-corrected chi connectivity index (χ2v) is 4.36. The van der Waals surface area contributed by atoms with Crippen LogP contribution in [0.15, 0.2) is 46.6 Å². The van der Waals surface area contributed by atoms with Gasteiger partial charge in [0.2, 0.25) is 0 Å². The topological polar surface area (TPSA) is 76.8 Å². The van der Waals surface area contributed by atoms with E-state index in [2.05, 4.69) is 16.3 Å². The van der Waals surface area contributed by atoms with Crippen molar-refractivity contribution in [1.82, 2.24) is 0 Å². The van der Waals surface area contributed by atoms with Crippen LogP contribution in [-0.2, 0) is 0 Å². The molecular weight excluding hydrogens is 260 g/mol. The average molecular weight is 277 g/mol. The highest BCUT2D eigenvalue weighted by Gasteiger charge is 1.98. The molecule has 2 aromatic carbocycles. The first kappa shape index (κ1) is 15.0. The zero-order chi connectivity index (χ0) is 13.1. The van der Waals surface area contributed by atoms with Gasteiger partial charge in [0, 0.05) is 5.69 Å². The van der Waals surface area contributed by atoms with Crippen LogP contribution in [0.3, 0.4) is 0 Å². The highest BCUT2D eigenvalue weighted by molar-refractivity contribution is 5.85. The molecule has 0 bridgehead atoms. The predicted molar refractivity (Wildman–Crippen MR) is 82.6 cm³/mol. The van der Waals surface area contributed by atoms with Gasteiger partial charge < -0.3 is 11.5 Å². The van der Waals surface area contributed by atoms with Crippen LogP contribution in [0.2, 0.25) is 0 Å². The summed E-state index contributed by atoms with van der Waals surface area (Å²) in [5.41, 5.74) is 16.4. The van der Waals surface area contributed by atoms with Crippen LogP contribution in [0.1, 0.15) is 11.1 Å². The van der Waals surface area contributed by atoms with E-state index in [9.17, 15) is 0 Å². The second kappa shape index (κ2) is 6.20. The van der Waals surface area contributed by atoms with E-state index in [1.165, 1.54) is 0 Å². The van der Waals surface area contributed by atoms with Gasteiger partial charge in [0.05, 0.1) is 11.4 Å². The Labute approximate surface area is 118 Å². The fourth-order valence-electron chi connectivity index (χ4n) is 1.78. The van der Waals surface area contributed by atoms with E-state index in [4.69, 9.17) is 11.5 Å². The van der Waals surface area contributed by atoms with Gasteiger partial charge >= 0.3 is 0 Å². The van der Waals surface area contributed by atoms with Gasteiger partial charge in [-0.3, -0.25) is 0 Å². The highest BCUT2D eigenvalue weighted by Crippen LogP contribution is 2.26. The minimum atomic E-state index is 0. The van der Waals surface area contributed by atoms with Crippen LogP contribution in [-0.4, -0.2) is 0 Å². The van der Waals surface area contributed by atoms with E-state index in [0.29, 0.717) is 17.1 Å². The molecule has 0 aromatic heterocycles. The van der Waals surface area contributed by atoms with Gasteiger partial charge in [0.25, 0.3) is 0 Å². The number of rotatable bonds is 2. The molecule has 100 valence electrons. The third-order valence-corrected chi connectivity index (χ3v) is 2.53. The van der Waals surface area contributed by atoms with E-state index < -0.39 is 0 Å². The molecule has 0 spiro atoms. The maximum Gasteiger partial charge on any atom is 0.109 e. The number of nitrogens with zero attached hydrogens (tertiary/aromatic N) is 2. The monoisotopic (exact) mass is 276 g/mol. The van der Waals surface area contributed by atoms with Gasteiger partial charge in [-0.05, 0) is 55.3 Å². The number of benzene rings is 2. The van der Waals surface area contributed by atoms with Crippen LogP contribution in [0.5, 0.6) is 0 Å². The van der Waals surface area contributed by atoms with Crippen LogP contribution < -0.4 is 11.5 Å². The summed E-state index contributed by atoms with van der Waals surface area (Å²) in [6.07, 6.45) is 0. The number of halogens is 1. The Morgan fingerprint density at radius 3 is 2.05 bits per heavy atom. The normalized spacial score (nSPS) is 10.4. The Kier molecular flexibility index (Phi) is 4.89. The SMILES string of the molecule is Cc1cc(C)cc(N=Nc2ccc(N)cc2N)c1.Cl. The molecule has 4 N–H and O–H groups in total. The van der Waals surface area contributed by atoms with E-state index in [0.717, 1.165) is 16.8 Å². The molecule has 0 amide bonds. The van der Waals surface area contributed by atoms with Gasteiger partial charge in [-0.1, -0.05) is 6.07 Å². The fourth-order valence-corrected chi connectivity index (χ4v) is 1.78. The van der Waals surface area contributed by atoms with E-state index in [-0.39, 0.29) is 12.4 Å². The van der Waals surface area contributed by atoms with Crippen molar-refractivity contribution in [2.45, 2.75) is 13.8 Å². The molecule has 5 heteroatoms. The molecule has 0 saturated carbocycles. The van der Waals surface area contributed by atoms with E-state index >= 15 is 0 Å². The smallest absolute Gasteiger partial charge is 0.109 e. The van der Waals surface area contributed by atoms with Crippen molar-refractivity contribution in [2.75, 3.05) is 11.5 Å².